The van der Waals surface area contributed by atoms with Crippen LogP contribution in [0.25, 0.3) is 10.8 Å². The number of rotatable bonds is 3. The quantitative estimate of drug-likeness (QED) is 0.697. The Hall–Kier alpha value is -2.13. The lowest BCUT2D eigenvalue weighted by Crippen LogP contribution is -2.15. The number of benzene rings is 3. The van der Waals surface area contributed by atoms with Gasteiger partial charge in [0.1, 0.15) is 0 Å². The van der Waals surface area contributed by atoms with E-state index in [0.717, 1.165) is 32.1 Å². The molecule has 0 unspecified atom stereocenters. The number of fused-ring (bicyclic) bond motifs is 1. The van der Waals surface area contributed by atoms with Crippen LogP contribution in [0.1, 0.15) is 11.1 Å². The lowest BCUT2D eigenvalue weighted by atomic mass is 10.0. The van der Waals surface area contributed by atoms with Gasteiger partial charge in [-0.15, -0.1) is 0 Å². The second kappa shape index (κ2) is 6.32. The van der Waals surface area contributed by atoms with Gasteiger partial charge in [0.2, 0.25) is 5.91 Å². The molecular formula is C19H16BrNO. The highest BCUT2D eigenvalue weighted by Crippen LogP contribution is 2.22. The van der Waals surface area contributed by atoms with Crippen LogP contribution in [-0.2, 0) is 11.2 Å². The average molecular weight is 354 g/mol. The molecule has 0 aromatic heterocycles. The summed E-state index contributed by atoms with van der Waals surface area (Å²) < 4.78 is 1.01. The van der Waals surface area contributed by atoms with E-state index in [1.165, 1.54) is 0 Å². The van der Waals surface area contributed by atoms with E-state index in [2.05, 4.69) is 39.4 Å². The number of amides is 1. The molecule has 2 nitrogen and oxygen atoms in total. The molecule has 22 heavy (non-hydrogen) atoms. The standard InChI is InChI=1S/C19H16BrNO/c1-13-11-16(20)9-10-18(13)21-19(22)12-15-7-4-6-14-5-2-3-8-17(14)15/h2-11H,12H2,1H3,(H,21,22). The Bertz CT molecular complexity index is 836. The third-order valence-electron chi connectivity index (χ3n) is 3.69. The normalized spacial score (nSPS) is 10.6. The number of carbonyl (C=O) groups excluding carboxylic acids is 1. The summed E-state index contributed by atoms with van der Waals surface area (Å²) in [5.74, 6) is 0.00164. The summed E-state index contributed by atoms with van der Waals surface area (Å²) in [5, 5.41) is 5.28. The summed E-state index contributed by atoms with van der Waals surface area (Å²) in [4.78, 5) is 12.3. The van der Waals surface area contributed by atoms with Gasteiger partial charge in [-0.25, -0.2) is 0 Å². The smallest absolute Gasteiger partial charge is 0.228 e. The summed E-state index contributed by atoms with van der Waals surface area (Å²) >= 11 is 3.43. The number of hydrogen-bond donors (Lipinski definition) is 1. The second-order valence-electron chi connectivity index (χ2n) is 5.32. The predicted octanol–water partition coefficient (Wildman–Crippen LogP) is 5.09. The van der Waals surface area contributed by atoms with Crippen molar-refractivity contribution in [3.63, 3.8) is 0 Å². The Balaban J connectivity index is 1.81. The van der Waals surface area contributed by atoms with Crippen molar-refractivity contribution >= 4 is 38.3 Å². The van der Waals surface area contributed by atoms with Crippen LogP contribution in [0.3, 0.4) is 0 Å². The number of nitrogens with one attached hydrogen (secondary N) is 1. The first kappa shape index (κ1) is 14.8. The van der Waals surface area contributed by atoms with Crippen molar-refractivity contribution in [3.8, 4) is 0 Å². The molecule has 0 saturated heterocycles. The maximum atomic E-state index is 12.3. The number of hydrogen-bond acceptors (Lipinski definition) is 1. The van der Waals surface area contributed by atoms with Crippen LogP contribution in [0.5, 0.6) is 0 Å². The predicted molar refractivity (Wildman–Crippen MR) is 95.2 cm³/mol. The van der Waals surface area contributed by atoms with Crippen LogP contribution in [0.2, 0.25) is 0 Å². The molecule has 0 heterocycles. The first-order valence-electron chi connectivity index (χ1n) is 7.16. The fourth-order valence-corrected chi connectivity index (χ4v) is 3.06. The Kier molecular flexibility index (Phi) is 4.25. The Morgan fingerprint density at radius 1 is 1.05 bits per heavy atom. The van der Waals surface area contributed by atoms with Crippen LogP contribution < -0.4 is 5.32 Å². The zero-order chi connectivity index (χ0) is 15.5. The van der Waals surface area contributed by atoms with E-state index in [0.29, 0.717) is 6.42 Å². The molecule has 0 spiro atoms. The molecule has 0 atom stereocenters. The van der Waals surface area contributed by atoms with E-state index in [4.69, 9.17) is 0 Å². The molecule has 0 radical (unpaired) electrons. The number of halogens is 1. The van der Waals surface area contributed by atoms with Crippen molar-refractivity contribution in [1.82, 2.24) is 0 Å². The molecule has 0 fully saturated rings. The highest BCUT2D eigenvalue weighted by Gasteiger charge is 2.08. The minimum Gasteiger partial charge on any atom is -0.326 e. The molecule has 3 rings (SSSR count). The SMILES string of the molecule is Cc1cc(Br)ccc1NC(=O)Cc1cccc2ccccc12. The Morgan fingerprint density at radius 3 is 2.64 bits per heavy atom. The topological polar surface area (TPSA) is 29.1 Å². The minimum absolute atomic E-state index is 0.00164. The van der Waals surface area contributed by atoms with Gasteiger partial charge in [0.25, 0.3) is 0 Å². The molecule has 110 valence electrons. The van der Waals surface area contributed by atoms with Crippen LogP contribution in [0.15, 0.2) is 65.1 Å². The maximum absolute atomic E-state index is 12.3. The summed E-state index contributed by atoms with van der Waals surface area (Å²) in [6.07, 6.45) is 0.372. The Labute approximate surface area is 138 Å². The van der Waals surface area contributed by atoms with E-state index >= 15 is 0 Å². The van der Waals surface area contributed by atoms with E-state index in [-0.39, 0.29) is 5.91 Å². The minimum atomic E-state index is 0.00164. The summed E-state index contributed by atoms with van der Waals surface area (Å²) in [7, 11) is 0. The van der Waals surface area contributed by atoms with Gasteiger partial charge < -0.3 is 5.32 Å². The van der Waals surface area contributed by atoms with Crippen molar-refractivity contribution in [2.75, 3.05) is 5.32 Å². The van der Waals surface area contributed by atoms with Crippen molar-refractivity contribution in [3.05, 3.63) is 76.3 Å². The molecule has 0 aliphatic rings. The Morgan fingerprint density at radius 2 is 1.82 bits per heavy atom. The van der Waals surface area contributed by atoms with Gasteiger partial charge in [-0.1, -0.05) is 58.4 Å². The van der Waals surface area contributed by atoms with Gasteiger partial charge in [-0.05, 0) is 47.0 Å². The van der Waals surface area contributed by atoms with Crippen LogP contribution in [0, 0.1) is 6.92 Å². The van der Waals surface area contributed by atoms with Gasteiger partial charge in [0, 0.05) is 10.2 Å². The van der Waals surface area contributed by atoms with E-state index in [1.54, 1.807) is 0 Å². The zero-order valence-corrected chi connectivity index (χ0v) is 13.9. The number of anilines is 1. The molecular weight excluding hydrogens is 338 g/mol. The van der Waals surface area contributed by atoms with Gasteiger partial charge >= 0.3 is 0 Å². The lowest BCUT2D eigenvalue weighted by molar-refractivity contribution is -0.115. The van der Waals surface area contributed by atoms with Crippen molar-refractivity contribution in [2.45, 2.75) is 13.3 Å². The summed E-state index contributed by atoms with van der Waals surface area (Å²) in [5.41, 5.74) is 2.94. The van der Waals surface area contributed by atoms with Crippen molar-refractivity contribution in [2.24, 2.45) is 0 Å². The molecule has 3 heteroatoms. The molecule has 0 aliphatic heterocycles. The first-order chi connectivity index (χ1) is 10.6. The van der Waals surface area contributed by atoms with E-state index in [9.17, 15) is 4.79 Å². The summed E-state index contributed by atoms with van der Waals surface area (Å²) in [6.45, 7) is 1.98. The summed E-state index contributed by atoms with van der Waals surface area (Å²) in [6, 6.07) is 20.1. The monoisotopic (exact) mass is 353 g/mol. The largest absolute Gasteiger partial charge is 0.326 e. The van der Waals surface area contributed by atoms with Gasteiger partial charge in [-0.3, -0.25) is 4.79 Å². The number of carbonyl (C=O) groups is 1. The maximum Gasteiger partial charge on any atom is 0.228 e. The first-order valence-corrected chi connectivity index (χ1v) is 7.95. The number of aryl methyl sites for hydroxylation is 1. The fourth-order valence-electron chi connectivity index (χ4n) is 2.58. The molecule has 0 bridgehead atoms. The molecule has 1 amide bonds. The molecule has 3 aromatic rings. The van der Waals surface area contributed by atoms with Crippen molar-refractivity contribution in [1.29, 1.82) is 0 Å². The van der Waals surface area contributed by atoms with Crippen LogP contribution >= 0.6 is 15.9 Å². The van der Waals surface area contributed by atoms with E-state index < -0.39 is 0 Å². The van der Waals surface area contributed by atoms with Crippen LogP contribution in [0.4, 0.5) is 5.69 Å². The van der Waals surface area contributed by atoms with Crippen molar-refractivity contribution < 1.29 is 4.79 Å². The third kappa shape index (κ3) is 3.20. The molecule has 1 N–H and O–H groups in total. The molecule has 3 aromatic carbocycles. The van der Waals surface area contributed by atoms with Crippen LogP contribution in [-0.4, -0.2) is 5.91 Å². The van der Waals surface area contributed by atoms with Gasteiger partial charge in [-0.2, -0.15) is 0 Å². The fraction of sp³-hybridized carbons (Fsp3) is 0.105. The third-order valence-corrected chi connectivity index (χ3v) is 4.19. The highest BCUT2D eigenvalue weighted by molar-refractivity contribution is 9.10. The van der Waals surface area contributed by atoms with Gasteiger partial charge in [0.05, 0.1) is 6.42 Å². The molecule has 0 saturated carbocycles. The lowest BCUT2D eigenvalue weighted by Gasteiger charge is -2.10. The zero-order valence-electron chi connectivity index (χ0n) is 12.3. The van der Waals surface area contributed by atoms with E-state index in [1.807, 2.05) is 49.4 Å². The average Bonchev–Trinajstić information content (AvgIpc) is 2.50. The highest BCUT2D eigenvalue weighted by atomic mass is 79.9. The second-order valence-corrected chi connectivity index (χ2v) is 6.24. The molecule has 0 aliphatic carbocycles. The van der Waals surface area contributed by atoms with Gasteiger partial charge in [0.15, 0.2) is 0 Å².